The van der Waals surface area contributed by atoms with Crippen molar-refractivity contribution in [3.8, 4) is 0 Å². The molecule has 6 nitrogen and oxygen atoms in total. The second-order valence-corrected chi connectivity index (χ2v) is 5.67. The third-order valence-electron chi connectivity index (χ3n) is 2.79. The third-order valence-corrected chi connectivity index (χ3v) is 3.38. The molecule has 0 unspecified atom stereocenters. The fourth-order valence-electron chi connectivity index (χ4n) is 1.56. The van der Waals surface area contributed by atoms with Crippen LogP contribution in [-0.4, -0.2) is 24.4 Å². The zero-order chi connectivity index (χ0) is 15.5. The molecule has 0 bridgehead atoms. The summed E-state index contributed by atoms with van der Waals surface area (Å²) in [5.74, 6) is -0.140. The summed E-state index contributed by atoms with van der Waals surface area (Å²) in [5.41, 5.74) is -0.490. The molecule has 0 aliphatic heterocycles. The molecule has 1 aromatic rings. The van der Waals surface area contributed by atoms with Crippen LogP contribution in [0.25, 0.3) is 0 Å². The van der Waals surface area contributed by atoms with E-state index in [9.17, 15) is 14.9 Å². The van der Waals surface area contributed by atoms with Crippen molar-refractivity contribution >= 4 is 40.5 Å². The van der Waals surface area contributed by atoms with E-state index in [-0.39, 0.29) is 28.2 Å². The van der Waals surface area contributed by atoms with Crippen LogP contribution in [-0.2, 0) is 4.79 Å². The molecule has 0 atom stereocenters. The number of halogens is 2. The molecule has 20 heavy (non-hydrogen) atoms. The molecule has 0 aromatic heterocycles. The minimum absolute atomic E-state index is 0.136. The molecule has 0 saturated heterocycles. The van der Waals surface area contributed by atoms with Crippen molar-refractivity contribution in [2.24, 2.45) is 5.41 Å². The highest BCUT2D eigenvalue weighted by Crippen LogP contribution is 2.35. The van der Waals surface area contributed by atoms with Gasteiger partial charge in [-0.25, -0.2) is 0 Å². The van der Waals surface area contributed by atoms with Crippen LogP contribution < -0.4 is 10.6 Å². The van der Waals surface area contributed by atoms with Crippen LogP contribution in [0.3, 0.4) is 0 Å². The Balaban J connectivity index is 2.94. The van der Waals surface area contributed by atoms with E-state index < -0.39 is 10.3 Å². The summed E-state index contributed by atoms with van der Waals surface area (Å²) < 4.78 is 0. The number of nitrogens with zero attached hydrogens (tertiary/aromatic N) is 1. The van der Waals surface area contributed by atoms with Crippen LogP contribution in [0.5, 0.6) is 0 Å². The van der Waals surface area contributed by atoms with E-state index in [0.29, 0.717) is 5.69 Å². The second kappa shape index (κ2) is 6.28. The van der Waals surface area contributed by atoms with Crippen LogP contribution in [0, 0.1) is 15.5 Å². The SMILES string of the molecule is CNC(=O)C(C)(C)CNc1c(Cl)cc([N+](=O)[O-])cc1Cl. The van der Waals surface area contributed by atoms with Gasteiger partial charge in [-0.15, -0.1) is 0 Å². The van der Waals surface area contributed by atoms with Gasteiger partial charge in [-0.05, 0) is 13.8 Å². The number of nitro groups is 1. The predicted molar refractivity (Wildman–Crippen MR) is 79.5 cm³/mol. The van der Waals surface area contributed by atoms with Gasteiger partial charge in [0.15, 0.2) is 0 Å². The molecule has 110 valence electrons. The van der Waals surface area contributed by atoms with Gasteiger partial charge in [0.2, 0.25) is 5.91 Å². The number of nitrogens with one attached hydrogen (secondary N) is 2. The zero-order valence-electron chi connectivity index (χ0n) is 11.3. The second-order valence-electron chi connectivity index (χ2n) is 4.86. The first-order valence-electron chi connectivity index (χ1n) is 5.78. The van der Waals surface area contributed by atoms with E-state index in [0.717, 1.165) is 0 Å². The number of carbonyl (C=O) groups is 1. The molecule has 0 fully saturated rings. The van der Waals surface area contributed by atoms with Crippen molar-refractivity contribution in [2.75, 3.05) is 18.9 Å². The Labute approximate surface area is 126 Å². The van der Waals surface area contributed by atoms with Crippen molar-refractivity contribution in [2.45, 2.75) is 13.8 Å². The molecular formula is C12H15Cl2N3O3. The summed E-state index contributed by atoms with van der Waals surface area (Å²) in [6, 6.07) is 2.42. The van der Waals surface area contributed by atoms with Crippen LogP contribution >= 0.6 is 23.2 Å². The average Bonchev–Trinajstić information content (AvgIpc) is 2.36. The Bertz CT molecular complexity index is 524. The summed E-state index contributed by atoms with van der Waals surface area (Å²) in [7, 11) is 1.55. The number of rotatable bonds is 5. The fraction of sp³-hybridized carbons (Fsp3) is 0.417. The Morgan fingerprint density at radius 1 is 1.35 bits per heavy atom. The maximum absolute atomic E-state index is 11.7. The van der Waals surface area contributed by atoms with Gasteiger partial charge in [0, 0.05) is 25.7 Å². The molecule has 0 heterocycles. The smallest absolute Gasteiger partial charge is 0.272 e. The van der Waals surface area contributed by atoms with Crippen molar-refractivity contribution in [3.05, 3.63) is 32.3 Å². The van der Waals surface area contributed by atoms with Gasteiger partial charge in [-0.3, -0.25) is 14.9 Å². The summed E-state index contributed by atoms with van der Waals surface area (Å²) in [6.45, 7) is 3.79. The first-order chi connectivity index (χ1) is 9.19. The van der Waals surface area contributed by atoms with Gasteiger partial charge in [-0.2, -0.15) is 0 Å². The molecule has 1 aromatic carbocycles. The quantitative estimate of drug-likeness (QED) is 0.645. The monoisotopic (exact) mass is 319 g/mol. The minimum Gasteiger partial charge on any atom is -0.382 e. The molecule has 1 rings (SSSR count). The normalized spacial score (nSPS) is 11.1. The number of hydrogen-bond donors (Lipinski definition) is 2. The number of benzene rings is 1. The van der Waals surface area contributed by atoms with Crippen molar-refractivity contribution < 1.29 is 9.72 Å². The molecule has 0 spiro atoms. The predicted octanol–water partition coefficient (Wildman–Crippen LogP) is 3.09. The van der Waals surface area contributed by atoms with Gasteiger partial charge in [-0.1, -0.05) is 23.2 Å². The molecular weight excluding hydrogens is 305 g/mol. The molecule has 0 radical (unpaired) electrons. The summed E-state index contributed by atoms with van der Waals surface area (Å²) in [5, 5.41) is 16.5. The summed E-state index contributed by atoms with van der Waals surface area (Å²) >= 11 is 11.9. The number of nitro benzene ring substituents is 1. The maximum Gasteiger partial charge on any atom is 0.272 e. The summed E-state index contributed by atoms with van der Waals surface area (Å²) in [6.07, 6.45) is 0. The molecule has 1 amide bonds. The van der Waals surface area contributed by atoms with E-state index in [1.807, 2.05) is 0 Å². The minimum atomic E-state index is -0.677. The highest BCUT2D eigenvalue weighted by Gasteiger charge is 2.27. The number of non-ortho nitro benzene ring substituents is 1. The maximum atomic E-state index is 11.7. The molecule has 0 aliphatic carbocycles. The zero-order valence-corrected chi connectivity index (χ0v) is 12.8. The van der Waals surface area contributed by atoms with E-state index in [4.69, 9.17) is 23.2 Å². The van der Waals surface area contributed by atoms with Gasteiger partial charge >= 0.3 is 0 Å². The van der Waals surface area contributed by atoms with Crippen molar-refractivity contribution in [3.63, 3.8) is 0 Å². The lowest BCUT2D eigenvalue weighted by molar-refractivity contribution is -0.384. The number of carbonyl (C=O) groups excluding carboxylic acids is 1. The Kier molecular flexibility index (Phi) is 5.19. The standard InChI is InChI=1S/C12H15Cl2N3O3/c1-12(2,11(18)15-3)6-16-10-8(13)4-7(17(19)20)5-9(10)14/h4-5,16H,6H2,1-3H3,(H,15,18). The highest BCUT2D eigenvalue weighted by atomic mass is 35.5. The van der Waals surface area contributed by atoms with E-state index in [2.05, 4.69) is 10.6 Å². The van der Waals surface area contributed by atoms with E-state index >= 15 is 0 Å². The first-order valence-corrected chi connectivity index (χ1v) is 6.54. The molecule has 8 heteroatoms. The lowest BCUT2D eigenvalue weighted by Gasteiger charge is -2.24. The van der Waals surface area contributed by atoms with Crippen LogP contribution in [0.2, 0.25) is 10.0 Å². The number of anilines is 1. The van der Waals surface area contributed by atoms with Crippen molar-refractivity contribution in [1.82, 2.24) is 5.32 Å². The Morgan fingerprint density at radius 2 is 1.85 bits per heavy atom. The van der Waals surface area contributed by atoms with Crippen LogP contribution in [0.1, 0.15) is 13.8 Å². The third kappa shape index (κ3) is 3.74. The van der Waals surface area contributed by atoms with E-state index in [1.165, 1.54) is 12.1 Å². The largest absolute Gasteiger partial charge is 0.382 e. The van der Waals surface area contributed by atoms with Gasteiger partial charge < -0.3 is 10.6 Å². The Morgan fingerprint density at radius 3 is 2.25 bits per heavy atom. The lowest BCUT2D eigenvalue weighted by Crippen LogP contribution is -2.39. The van der Waals surface area contributed by atoms with Gasteiger partial charge in [0.1, 0.15) is 0 Å². The molecule has 2 N–H and O–H groups in total. The Hall–Kier alpha value is -1.53. The lowest BCUT2D eigenvalue weighted by atomic mass is 9.92. The average molecular weight is 320 g/mol. The van der Waals surface area contributed by atoms with Crippen LogP contribution in [0.4, 0.5) is 11.4 Å². The van der Waals surface area contributed by atoms with E-state index in [1.54, 1.807) is 20.9 Å². The fourth-order valence-corrected chi connectivity index (χ4v) is 2.17. The molecule has 0 aliphatic rings. The number of amides is 1. The molecule has 0 saturated carbocycles. The first kappa shape index (κ1) is 16.5. The van der Waals surface area contributed by atoms with Gasteiger partial charge in [0.25, 0.3) is 5.69 Å². The highest BCUT2D eigenvalue weighted by molar-refractivity contribution is 6.39. The number of hydrogen-bond acceptors (Lipinski definition) is 4. The summed E-state index contributed by atoms with van der Waals surface area (Å²) in [4.78, 5) is 21.8. The van der Waals surface area contributed by atoms with Crippen LogP contribution in [0.15, 0.2) is 12.1 Å². The topological polar surface area (TPSA) is 84.3 Å². The van der Waals surface area contributed by atoms with Crippen molar-refractivity contribution in [1.29, 1.82) is 0 Å². The van der Waals surface area contributed by atoms with Gasteiger partial charge in [0.05, 0.1) is 26.1 Å².